The molecule has 2 aromatic rings. The first kappa shape index (κ1) is 21.2. The minimum absolute atomic E-state index is 0.0537. The van der Waals surface area contributed by atoms with Gasteiger partial charge in [-0.15, -0.1) is 0 Å². The Labute approximate surface area is 168 Å². The summed E-state index contributed by atoms with van der Waals surface area (Å²) in [5.41, 5.74) is -1.67. The van der Waals surface area contributed by atoms with Crippen LogP contribution in [0.3, 0.4) is 0 Å². The molecule has 1 unspecified atom stereocenters. The van der Waals surface area contributed by atoms with Crippen molar-refractivity contribution in [2.75, 3.05) is 24.5 Å². The third-order valence-corrected chi connectivity index (χ3v) is 5.61. The highest BCUT2D eigenvalue weighted by Crippen LogP contribution is 2.32. The van der Waals surface area contributed by atoms with Crippen LogP contribution in [0.15, 0.2) is 17.1 Å². The zero-order valence-electron chi connectivity index (χ0n) is 17.4. The van der Waals surface area contributed by atoms with Crippen LogP contribution in [0.4, 0.5) is 14.5 Å². The second kappa shape index (κ2) is 7.40. The number of hydrogen-bond acceptors (Lipinski definition) is 4. The lowest BCUT2D eigenvalue weighted by atomic mass is 10.0. The highest BCUT2D eigenvalue weighted by molar-refractivity contribution is 5.93. The Morgan fingerprint density at radius 1 is 1.28 bits per heavy atom. The molecule has 3 rings (SSSR count). The van der Waals surface area contributed by atoms with Crippen LogP contribution in [0.25, 0.3) is 10.9 Å². The third-order valence-electron chi connectivity index (χ3n) is 5.61. The van der Waals surface area contributed by atoms with Crippen LogP contribution in [-0.4, -0.2) is 51.8 Å². The summed E-state index contributed by atoms with van der Waals surface area (Å²) in [6, 6.07) is 1.05. The predicted octanol–water partition coefficient (Wildman–Crippen LogP) is 3.31. The molecule has 2 heterocycles. The van der Waals surface area contributed by atoms with Gasteiger partial charge in [-0.2, -0.15) is 0 Å². The van der Waals surface area contributed by atoms with Gasteiger partial charge >= 0.3 is 5.97 Å². The lowest BCUT2D eigenvalue weighted by Gasteiger charge is -2.47. The molecule has 1 fully saturated rings. The number of anilines is 1. The van der Waals surface area contributed by atoms with Crippen LogP contribution in [0, 0.1) is 11.6 Å². The van der Waals surface area contributed by atoms with Gasteiger partial charge in [-0.25, -0.2) is 13.6 Å². The van der Waals surface area contributed by atoms with Gasteiger partial charge in [-0.05, 0) is 40.7 Å². The minimum Gasteiger partial charge on any atom is -0.477 e. The van der Waals surface area contributed by atoms with Crippen molar-refractivity contribution in [2.45, 2.75) is 52.7 Å². The van der Waals surface area contributed by atoms with E-state index in [1.54, 1.807) is 11.8 Å². The second-order valence-corrected chi connectivity index (χ2v) is 8.54. The molecule has 6 nitrogen and oxygen atoms in total. The fraction of sp³-hybridized carbons (Fsp3) is 0.524. The SMILES string of the molecule is CCn1cc(C(=O)O)c(=O)c2cc(F)c(N3CCN(C(C)(C)C)C(C)C3)c(F)c21. The van der Waals surface area contributed by atoms with Crippen molar-refractivity contribution in [2.24, 2.45) is 0 Å². The monoisotopic (exact) mass is 407 g/mol. The Kier molecular flexibility index (Phi) is 5.42. The zero-order chi connectivity index (χ0) is 21.7. The maximum Gasteiger partial charge on any atom is 0.341 e. The molecule has 29 heavy (non-hydrogen) atoms. The van der Waals surface area contributed by atoms with Gasteiger partial charge in [0.05, 0.1) is 10.9 Å². The van der Waals surface area contributed by atoms with Crippen LogP contribution < -0.4 is 10.3 Å². The van der Waals surface area contributed by atoms with Crippen molar-refractivity contribution in [3.05, 3.63) is 39.7 Å². The summed E-state index contributed by atoms with van der Waals surface area (Å²) in [6.07, 6.45) is 1.12. The maximum absolute atomic E-state index is 15.5. The number of nitrogens with zero attached hydrogens (tertiary/aromatic N) is 3. The van der Waals surface area contributed by atoms with Gasteiger partial charge in [0.2, 0.25) is 5.43 Å². The minimum atomic E-state index is -1.42. The molecule has 1 N–H and O–H groups in total. The number of aryl methyl sites for hydroxylation is 1. The van der Waals surface area contributed by atoms with Crippen LogP contribution >= 0.6 is 0 Å². The molecule has 1 aliphatic heterocycles. The molecule has 8 heteroatoms. The summed E-state index contributed by atoms with van der Waals surface area (Å²) in [7, 11) is 0. The highest BCUT2D eigenvalue weighted by atomic mass is 19.1. The van der Waals surface area contributed by atoms with Crippen molar-refractivity contribution in [1.29, 1.82) is 0 Å². The average Bonchev–Trinajstić information content (AvgIpc) is 2.61. The Bertz CT molecular complexity index is 1030. The second-order valence-electron chi connectivity index (χ2n) is 8.54. The van der Waals surface area contributed by atoms with Gasteiger partial charge in [0.15, 0.2) is 5.82 Å². The molecule has 0 spiro atoms. The maximum atomic E-state index is 15.5. The van der Waals surface area contributed by atoms with Crippen LogP contribution in [0.2, 0.25) is 0 Å². The van der Waals surface area contributed by atoms with E-state index in [0.29, 0.717) is 19.6 Å². The normalized spacial score (nSPS) is 18.4. The Balaban J connectivity index is 2.15. The van der Waals surface area contributed by atoms with E-state index in [1.165, 1.54) is 4.57 Å². The number of aromatic carboxylic acids is 1. The molecule has 0 bridgehead atoms. The zero-order valence-corrected chi connectivity index (χ0v) is 17.4. The van der Waals surface area contributed by atoms with E-state index in [-0.39, 0.29) is 34.7 Å². The van der Waals surface area contributed by atoms with E-state index in [4.69, 9.17) is 0 Å². The van der Waals surface area contributed by atoms with Gasteiger partial charge in [-0.1, -0.05) is 0 Å². The Morgan fingerprint density at radius 2 is 1.93 bits per heavy atom. The summed E-state index contributed by atoms with van der Waals surface area (Å²) in [5.74, 6) is -3.10. The number of carbonyl (C=O) groups is 1. The Hall–Kier alpha value is -2.48. The summed E-state index contributed by atoms with van der Waals surface area (Å²) in [5, 5.41) is 8.99. The molecule has 1 saturated heterocycles. The molecule has 0 amide bonds. The van der Waals surface area contributed by atoms with Crippen LogP contribution in [0.1, 0.15) is 45.0 Å². The molecule has 1 aliphatic rings. The smallest absolute Gasteiger partial charge is 0.341 e. The number of halogens is 2. The molecule has 0 radical (unpaired) electrons. The Morgan fingerprint density at radius 3 is 2.45 bits per heavy atom. The van der Waals surface area contributed by atoms with Gasteiger partial charge in [0.25, 0.3) is 0 Å². The number of benzene rings is 1. The molecule has 1 atom stereocenters. The summed E-state index contributed by atoms with van der Waals surface area (Å²) in [4.78, 5) is 27.8. The average molecular weight is 407 g/mol. The third kappa shape index (κ3) is 3.61. The van der Waals surface area contributed by atoms with E-state index < -0.39 is 28.6 Å². The van der Waals surface area contributed by atoms with Crippen LogP contribution in [-0.2, 0) is 6.54 Å². The number of fused-ring (bicyclic) bond motifs is 1. The van der Waals surface area contributed by atoms with E-state index in [2.05, 4.69) is 25.7 Å². The van der Waals surface area contributed by atoms with Gasteiger partial charge in [0.1, 0.15) is 17.1 Å². The number of hydrogen-bond donors (Lipinski definition) is 1. The van der Waals surface area contributed by atoms with Crippen molar-refractivity contribution < 1.29 is 18.7 Å². The van der Waals surface area contributed by atoms with Crippen molar-refractivity contribution in [1.82, 2.24) is 9.47 Å². The van der Waals surface area contributed by atoms with Gasteiger partial charge in [0, 0.05) is 44.0 Å². The lowest BCUT2D eigenvalue weighted by molar-refractivity contribution is 0.0694. The molecule has 1 aromatic carbocycles. The quantitative estimate of drug-likeness (QED) is 0.846. The number of carboxylic acid groups (broad SMARTS) is 1. The van der Waals surface area contributed by atoms with Crippen molar-refractivity contribution in [3.8, 4) is 0 Å². The lowest BCUT2D eigenvalue weighted by Crippen LogP contribution is -2.58. The summed E-state index contributed by atoms with van der Waals surface area (Å²) >= 11 is 0. The molecule has 0 aliphatic carbocycles. The first-order chi connectivity index (χ1) is 13.5. The van der Waals surface area contributed by atoms with Gasteiger partial charge in [-0.3, -0.25) is 9.69 Å². The topological polar surface area (TPSA) is 65.8 Å². The molecule has 1 aromatic heterocycles. The number of pyridine rings is 1. The van der Waals surface area contributed by atoms with E-state index in [0.717, 1.165) is 12.3 Å². The van der Waals surface area contributed by atoms with Gasteiger partial charge < -0.3 is 14.6 Å². The van der Waals surface area contributed by atoms with E-state index in [1.807, 2.05) is 6.92 Å². The molecule has 158 valence electrons. The highest BCUT2D eigenvalue weighted by Gasteiger charge is 2.34. The van der Waals surface area contributed by atoms with Crippen molar-refractivity contribution >= 4 is 22.6 Å². The standard InChI is InChI=1S/C21H27F2N3O3/c1-6-24-11-14(20(28)29)19(27)13-9-15(22)18(16(23)17(13)24)25-7-8-26(12(2)10-25)21(3,4)5/h9,11-12H,6-8,10H2,1-5H3,(H,28,29). The summed E-state index contributed by atoms with van der Waals surface area (Å²) < 4.78 is 31.9. The molecular weight excluding hydrogens is 380 g/mol. The molecule has 0 saturated carbocycles. The summed E-state index contributed by atoms with van der Waals surface area (Å²) in [6.45, 7) is 11.8. The van der Waals surface area contributed by atoms with E-state index in [9.17, 15) is 19.1 Å². The number of rotatable bonds is 3. The van der Waals surface area contributed by atoms with Crippen LogP contribution in [0.5, 0.6) is 0 Å². The first-order valence-corrected chi connectivity index (χ1v) is 9.77. The fourth-order valence-corrected chi connectivity index (χ4v) is 4.33. The number of piperazine rings is 1. The first-order valence-electron chi connectivity index (χ1n) is 9.77. The predicted molar refractivity (Wildman–Crippen MR) is 109 cm³/mol. The fourth-order valence-electron chi connectivity index (χ4n) is 4.33. The number of carboxylic acids is 1. The van der Waals surface area contributed by atoms with Crippen molar-refractivity contribution in [3.63, 3.8) is 0 Å². The number of aromatic nitrogens is 1. The van der Waals surface area contributed by atoms with E-state index >= 15 is 4.39 Å². The molecular formula is C21H27F2N3O3. The largest absolute Gasteiger partial charge is 0.477 e.